The first-order valence-electron chi connectivity index (χ1n) is 7.42. The number of piperidine rings is 1. The summed E-state index contributed by atoms with van der Waals surface area (Å²) in [4.78, 5) is 27.4. The van der Waals surface area contributed by atoms with Crippen molar-refractivity contribution in [2.75, 3.05) is 26.3 Å². The Labute approximate surface area is 119 Å². The van der Waals surface area contributed by atoms with E-state index >= 15 is 0 Å². The normalized spacial score (nSPS) is 31.2. The van der Waals surface area contributed by atoms with Crippen molar-refractivity contribution in [3.63, 3.8) is 0 Å². The van der Waals surface area contributed by atoms with Crippen LogP contribution in [0.3, 0.4) is 0 Å². The molecule has 3 unspecified atom stereocenters. The molecule has 114 valence electrons. The maximum atomic E-state index is 12.7. The van der Waals surface area contributed by atoms with Crippen molar-refractivity contribution in [3.8, 4) is 0 Å². The summed E-state index contributed by atoms with van der Waals surface area (Å²) < 4.78 is 5.43. The number of carbonyl (C=O) groups is 2. The highest BCUT2D eigenvalue weighted by atomic mass is 16.5. The van der Waals surface area contributed by atoms with Gasteiger partial charge >= 0.3 is 12.0 Å². The summed E-state index contributed by atoms with van der Waals surface area (Å²) in [6.45, 7) is 6.34. The Bertz CT molecular complexity index is 374. The fourth-order valence-electron chi connectivity index (χ4n) is 3.09. The second-order valence-electron chi connectivity index (χ2n) is 5.71. The summed E-state index contributed by atoms with van der Waals surface area (Å²) in [6, 6.07) is 0.162. The Morgan fingerprint density at radius 3 is 2.65 bits per heavy atom. The molecule has 2 fully saturated rings. The van der Waals surface area contributed by atoms with Gasteiger partial charge < -0.3 is 19.6 Å². The van der Waals surface area contributed by atoms with Crippen LogP contribution in [0.1, 0.15) is 33.1 Å². The number of carbonyl (C=O) groups excluding carboxylic acids is 1. The molecule has 6 nitrogen and oxygen atoms in total. The van der Waals surface area contributed by atoms with Gasteiger partial charge in [-0.3, -0.25) is 4.79 Å². The molecule has 0 aromatic heterocycles. The van der Waals surface area contributed by atoms with Gasteiger partial charge in [0.1, 0.15) is 0 Å². The van der Waals surface area contributed by atoms with E-state index in [0.29, 0.717) is 39.1 Å². The molecule has 0 bridgehead atoms. The average Bonchev–Trinajstić information content (AvgIpc) is 2.46. The van der Waals surface area contributed by atoms with Gasteiger partial charge in [0.05, 0.1) is 25.2 Å². The molecule has 0 radical (unpaired) electrons. The van der Waals surface area contributed by atoms with Crippen LogP contribution in [0.25, 0.3) is 0 Å². The fraction of sp³-hybridized carbons (Fsp3) is 0.857. The number of morpholine rings is 1. The van der Waals surface area contributed by atoms with Crippen LogP contribution < -0.4 is 0 Å². The minimum absolute atomic E-state index is 0.0160. The molecular weight excluding hydrogens is 260 g/mol. The van der Waals surface area contributed by atoms with Crippen molar-refractivity contribution in [2.24, 2.45) is 5.92 Å². The minimum atomic E-state index is -0.748. The third kappa shape index (κ3) is 3.06. The number of likely N-dealkylation sites (tertiary alicyclic amines) is 1. The number of amides is 2. The number of nitrogens with zero attached hydrogens (tertiary/aromatic N) is 2. The molecule has 0 aromatic rings. The number of carboxylic acids is 1. The molecule has 0 aliphatic carbocycles. The van der Waals surface area contributed by atoms with Crippen molar-refractivity contribution < 1.29 is 19.4 Å². The molecule has 2 rings (SSSR count). The van der Waals surface area contributed by atoms with Gasteiger partial charge in [-0.1, -0.05) is 6.92 Å². The van der Waals surface area contributed by atoms with Gasteiger partial charge in [-0.2, -0.15) is 0 Å². The van der Waals surface area contributed by atoms with Crippen molar-refractivity contribution in [2.45, 2.75) is 45.2 Å². The Balaban J connectivity index is 2.00. The van der Waals surface area contributed by atoms with Gasteiger partial charge in [-0.15, -0.1) is 0 Å². The van der Waals surface area contributed by atoms with Crippen molar-refractivity contribution >= 4 is 12.0 Å². The van der Waals surface area contributed by atoms with E-state index in [1.165, 1.54) is 0 Å². The molecule has 0 saturated carbocycles. The number of hydrogen-bond acceptors (Lipinski definition) is 3. The van der Waals surface area contributed by atoms with E-state index in [1.54, 1.807) is 0 Å². The summed E-state index contributed by atoms with van der Waals surface area (Å²) in [5, 5.41) is 9.08. The van der Waals surface area contributed by atoms with E-state index in [9.17, 15) is 9.59 Å². The smallest absolute Gasteiger partial charge is 0.320 e. The van der Waals surface area contributed by atoms with E-state index in [-0.39, 0.29) is 24.0 Å². The summed E-state index contributed by atoms with van der Waals surface area (Å²) in [7, 11) is 0. The number of rotatable bonds is 2. The Hall–Kier alpha value is -1.30. The van der Waals surface area contributed by atoms with E-state index in [0.717, 1.165) is 6.42 Å². The highest BCUT2D eigenvalue weighted by Gasteiger charge is 2.36. The van der Waals surface area contributed by atoms with Crippen LogP contribution in [-0.2, 0) is 9.53 Å². The lowest BCUT2D eigenvalue weighted by molar-refractivity contribution is -0.143. The standard InChI is InChI=1S/C14H24N2O4/c1-3-12-9-20-7-6-16(12)14(19)15-5-4-11(13(17)18)8-10(15)2/h10-12H,3-9H2,1-2H3,(H,17,18). The zero-order valence-electron chi connectivity index (χ0n) is 12.2. The average molecular weight is 284 g/mol. The molecular formula is C14H24N2O4. The maximum absolute atomic E-state index is 12.7. The van der Waals surface area contributed by atoms with Gasteiger partial charge in [0.2, 0.25) is 0 Å². The lowest BCUT2D eigenvalue weighted by Crippen LogP contribution is -2.57. The molecule has 2 saturated heterocycles. The van der Waals surface area contributed by atoms with Crippen LogP contribution in [0.5, 0.6) is 0 Å². The van der Waals surface area contributed by atoms with Crippen molar-refractivity contribution in [1.29, 1.82) is 0 Å². The van der Waals surface area contributed by atoms with Gasteiger partial charge in [-0.05, 0) is 26.2 Å². The first kappa shape index (κ1) is 15.1. The zero-order chi connectivity index (χ0) is 14.7. The van der Waals surface area contributed by atoms with Crippen LogP contribution in [0.4, 0.5) is 4.79 Å². The minimum Gasteiger partial charge on any atom is -0.481 e. The predicted octanol–water partition coefficient (Wildman–Crippen LogP) is 1.40. The fourth-order valence-corrected chi connectivity index (χ4v) is 3.09. The quantitative estimate of drug-likeness (QED) is 0.832. The van der Waals surface area contributed by atoms with E-state index in [1.807, 2.05) is 16.7 Å². The lowest BCUT2D eigenvalue weighted by atomic mass is 9.92. The number of carboxylic acid groups (broad SMARTS) is 1. The Kier molecular flexibility index (Phi) is 4.86. The molecule has 6 heteroatoms. The van der Waals surface area contributed by atoms with Crippen LogP contribution in [0.15, 0.2) is 0 Å². The zero-order valence-corrected chi connectivity index (χ0v) is 12.2. The molecule has 2 aliphatic heterocycles. The van der Waals surface area contributed by atoms with Crippen molar-refractivity contribution in [1.82, 2.24) is 9.80 Å². The van der Waals surface area contributed by atoms with Gasteiger partial charge in [0.15, 0.2) is 0 Å². The van der Waals surface area contributed by atoms with Gasteiger partial charge in [-0.25, -0.2) is 4.79 Å². The van der Waals surface area contributed by atoms with Crippen LogP contribution in [0.2, 0.25) is 0 Å². The highest BCUT2D eigenvalue weighted by molar-refractivity contribution is 5.76. The summed E-state index contributed by atoms with van der Waals surface area (Å²) in [5.41, 5.74) is 0. The number of hydrogen-bond donors (Lipinski definition) is 1. The molecule has 2 heterocycles. The molecule has 1 N–H and O–H groups in total. The predicted molar refractivity (Wildman–Crippen MR) is 73.5 cm³/mol. The maximum Gasteiger partial charge on any atom is 0.320 e. The third-order valence-electron chi connectivity index (χ3n) is 4.42. The first-order valence-corrected chi connectivity index (χ1v) is 7.42. The number of urea groups is 1. The lowest BCUT2D eigenvalue weighted by Gasteiger charge is -2.43. The van der Waals surface area contributed by atoms with Gasteiger partial charge in [0.25, 0.3) is 0 Å². The van der Waals surface area contributed by atoms with E-state index in [2.05, 4.69) is 6.92 Å². The van der Waals surface area contributed by atoms with Gasteiger partial charge in [0, 0.05) is 19.1 Å². The second kappa shape index (κ2) is 6.43. The summed E-state index contributed by atoms with van der Waals surface area (Å²) in [6.07, 6.45) is 1.97. The largest absolute Gasteiger partial charge is 0.481 e. The first-order chi connectivity index (χ1) is 9.54. The van der Waals surface area contributed by atoms with Crippen LogP contribution >= 0.6 is 0 Å². The molecule has 0 spiro atoms. The van der Waals surface area contributed by atoms with Crippen LogP contribution in [-0.4, -0.2) is 65.3 Å². The Morgan fingerprint density at radius 2 is 2.05 bits per heavy atom. The summed E-state index contributed by atoms with van der Waals surface area (Å²) in [5.74, 6) is -1.07. The molecule has 0 aromatic carbocycles. The Morgan fingerprint density at radius 1 is 1.30 bits per heavy atom. The number of ether oxygens (including phenoxy) is 1. The third-order valence-corrected chi connectivity index (χ3v) is 4.42. The van der Waals surface area contributed by atoms with Crippen molar-refractivity contribution in [3.05, 3.63) is 0 Å². The second-order valence-corrected chi connectivity index (χ2v) is 5.71. The highest BCUT2D eigenvalue weighted by Crippen LogP contribution is 2.25. The topological polar surface area (TPSA) is 70.1 Å². The molecule has 2 aliphatic rings. The summed E-state index contributed by atoms with van der Waals surface area (Å²) >= 11 is 0. The van der Waals surface area contributed by atoms with E-state index < -0.39 is 5.97 Å². The molecule has 2 amide bonds. The SMILES string of the molecule is CCC1COCCN1C(=O)N1CCC(C(=O)O)CC1C. The van der Waals surface area contributed by atoms with E-state index in [4.69, 9.17) is 9.84 Å². The molecule has 3 atom stereocenters. The monoisotopic (exact) mass is 284 g/mol. The number of aliphatic carboxylic acids is 1. The van der Waals surface area contributed by atoms with Crippen LogP contribution in [0, 0.1) is 5.92 Å². The molecule has 20 heavy (non-hydrogen) atoms.